The van der Waals surface area contributed by atoms with Crippen molar-refractivity contribution >= 4 is 23.5 Å². The molecule has 2 rings (SSSR count). The molecule has 0 spiro atoms. The van der Waals surface area contributed by atoms with Gasteiger partial charge in [-0.15, -0.1) is 0 Å². The van der Waals surface area contributed by atoms with Gasteiger partial charge in [0.05, 0.1) is 11.4 Å². The van der Waals surface area contributed by atoms with Crippen LogP contribution in [0.3, 0.4) is 0 Å². The maximum absolute atomic E-state index is 11.3. The average Bonchev–Trinajstić information content (AvgIpc) is 2.56. The molecule has 7 nitrogen and oxygen atoms in total. The molecule has 15 heavy (non-hydrogen) atoms. The number of anilines is 1. The molecule has 0 bridgehead atoms. The number of imide groups is 2. The lowest BCUT2D eigenvalue weighted by atomic mass is 10.3. The number of urea groups is 1. The Morgan fingerprint density at radius 2 is 2.00 bits per heavy atom. The molecule has 0 aliphatic carbocycles. The van der Waals surface area contributed by atoms with Crippen LogP contribution >= 0.6 is 0 Å². The summed E-state index contributed by atoms with van der Waals surface area (Å²) in [6, 6.07) is -0.735. The van der Waals surface area contributed by atoms with Crippen LogP contribution in [-0.2, 0) is 16.6 Å². The Labute approximate surface area is 84.7 Å². The summed E-state index contributed by atoms with van der Waals surface area (Å²) in [6.07, 6.45) is 1.51. The highest BCUT2D eigenvalue weighted by Gasteiger charge is 2.39. The summed E-state index contributed by atoms with van der Waals surface area (Å²) in [5.41, 5.74) is 0.835. The molecule has 78 valence electrons. The normalized spacial score (nSPS) is 16.1. The summed E-state index contributed by atoms with van der Waals surface area (Å²) >= 11 is 0. The molecule has 4 amide bonds. The number of nitrogens with zero attached hydrogens (tertiary/aromatic N) is 3. The zero-order valence-corrected chi connectivity index (χ0v) is 8.14. The topological polar surface area (TPSA) is 84.3 Å². The van der Waals surface area contributed by atoms with Crippen molar-refractivity contribution in [1.29, 1.82) is 0 Å². The minimum absolute atomic E-state index is 0.325. The van der Waals surface area contributed by atoms with Gasteiger partial charge < -0.3 is 0 Å². The van der Waals surface area contributed by atoms with E-state index in [-0.39, 0.29) is 0 Å². The lowest BCUT2D eigenvalue weighted by Gasteiger charge is -2.08. The third-order valence-corrected chi connectivity index (χ3v) is 2.05. The van der Waals surface area contributed by atoms with Gasteiger partial charge in [-0.25, -0.2) is 9.69 Å². The smallest absolute Gasteiger partial charge is 0.273 e. The van der Waals surface area contributed by atoms with Crippen molar-refractivity contribution in [1.82, 2.24) is 15.1 Å². The monoisotopic (exact) mass is 208 g/mol. The van der Waals surface area contributed by atoms with Crippen LogP contribution in [0, 0.1) is 6.92 Å². The van der Waals surface area contributed by atoms with E-state index in [0.717, 1.165) is 4.90 Å². The van der Waals surface area contributed by atoms with E-state index in [2.05, 4.69) is 5.10 Å². The second kappa shape index (κ2) is 2.91. The number of aromatic nitrogens is 2. The van der Waals surface area contributed by atoms with Crippen LogP contribution in [0.15, 0.2) is 6.20 Å². The van der Waals surface area contributed by atoms with E-state index in [4.69, 9.17) is 0 Å². The molecule has 1 fully saturated rings. The van der Waals surface area contributed by atoms with Gasteiger partial charge in [0.2, 0.25) is 0 Å². The second-order valence-electron chi connectivity index (χ2n) is 3.17. The summed E-state index contributed by atoms with van der Waals surface area (Å²) in [5.74, 6) is -1.79. The maximum Gasteiger partial charge on any atom is 0.336 e. The van der Waals surface area contributed by atoms with Crippen molar-refractivity contribution in [2.45, 2.75) is 6.92 Å². The van der Waals surface area contributed by atoms with Gasteiger partial charge in [0, 0.05) is 13.2 Å². The van der Waals surface area contributed by atoms with Crippen LogP contribution in [0.5, 0.6) is 0 Å². The molecule has 1 aromatic rings. The van der Waals surface area contributed by atoms with Gasteiger partial charge in [-0.2, -0.15) is 5.10 Å². The largest absolute Gasteiger partial charge is 0.336 e. The van der Waals surface area contributed by atoms with Crippen molar-refractivity contribution in [3.8, 4) is 0 Å². The Morgan fingerprint density at radius 3 is 2.40 bits per heavy atom. The van der Waals surface area contributed by atoms with Crippen LogP contribution in [0.1, 0.15) is 5.69 Å². The minimum atomic E-state index is -0.914. The van der Waals surface area contributed by atoms with Gasteiger partial charge in [0.1, 0.15) is 0 Å². The minimum Gasteiger partial charge on any atom is -0.273 e. The molecule has 7 heteroatoms. The van der Waals surface area contributed by atoms with Crippen molar-refractivity contribution < 1.29 is 14.4 Å². The molecule has 1 aliphatic heterocycles. The molecule has 0 atom stereocenters. The first-order chi connectivity index (χ1) is 7.00. The molecule has 0 saturated carbocycles. The highest BCUT2D eigenvalue weighted by atomic mass is 16.2. The standard InChI is InChI=1S/C8H8N4O3/c1-4-5(3-11(2)10-4)12-7(14)6(13)9-8(12)15/h3H,1-2H3,(H,9,13,15). The second-order valence-corrected chi connectivity index (χ2v) is 3.17. The molecule has 1 aliphatic rings. The third-order valence-electron chi connectivity index (χ3n) is 2.05. The van der Waals surface area contributed by atoms with E-state index >= 15 is 0 Å². The fourth-order valence-electron chi connectivity index (χ4n) is 1.43. The van der Waals surface area contributed by atoms with E-state index < -0.39 is 17.8 Å². The molecule has 1 N–H and O–H groups in total. The molecule has 1 saturated heterocycles. The van der Waals surface area contributed by atoms with Gasteiger partial charge in [0.25, 0.3) is 0 Å². The average molecular weight is 208 g/mol. The summed E-state index contributed by atoms with van der Waals surface area (Å²) in [6.45, 7) is 1.65. The Hall–Kier alpha value is -2.18. The zero-order chi connectivity index (χ0) is 11.2. The van der Waals surface area contributed by atoms with Crippen molar-refractivity contribution in [2.24, 2.45) is 7.05 Å². The fraction of sp³-hybridized carbons (Fsp3) is 0.250. The van der Waals surface area contributed by atoms with E-state index in [0.29, 0.717) is 11.4 Å². The number of hydrogen-bond acceptors (Lipinski definition) is 4. The fourth-order valence-corrected chi connectivity index (χ4v) is 1.43. The summed E-state index contributed by atoms with van der Waals surface area (Å²) in [7, 11) is 1.66. The molecule has 0 radical (unpaired) electrons. The predicted octanol–water partition coefficient (Wildman–Crippen LogP) is -0.689. The summed E-state index contributed by atoms with van der Waals surface area (Å²) in [4.78, 5) is 34.3. The van der Waals surface area contributed by atoms with Gasteiger partial charge in [0.15, 0.2) is 0 Å². The third kappa shape index (κ3) is 1.28. The highest BCUT2D eigenvalue weighted by molar-refractivity contribution is 6.53. The predicted molar refractivity (Wildman–Crippen MR) is 49.0 cm³/mol. The molecule has 1 aromatic heterocycles. The van der Waals surface area contributed by atoms with Crippen molar-refractivity contribution in [3.05, 3.63) is 11.9 Å². The Bertz CT molecular complexity index is 476. The first-order valence-electron chi connectivity index (χ1n) is 4.20. The SMILES string of the molecule is Cc1nn(C)cc1N1C(=O)NC(=O)C1=O. The Balaban J connectivity index is 2.47. The molecular formula is C8H8N4O3. The number of carbonyl (C=O) groups excluding carboxylic acids is 3. The van der Waals surface area contributed by atoms with Gasteiger partial charge in [-0.05, 0) is 6.92 Å². The van der Waals surface area contributed by atoms with Gasteiger partial charge in [-0.1, -0.05) is 0 Å². The van der Waals surface area contributed by atoms with Crippen LogP contribution < -0.4 is 10.2 Å². The number of hydrogen-bond donors (Lipinski definition) is 1. The van der Waals surface area contributed by atoms with Crippen molar-refractivity contribution in [3.63, 3.8) is 0 Å². The molecular weight excluding hydrogens is 200 g/mol. The Kier molecular flexibility index (Phi) is 1.82. The lowest BCUT2D eigenvalue weighted by Crippen LogP contribution is -2.31. The number of rotatable bonds is 1. The number of carbonyl (C=O) groups is 3. The highest BCUT2D eigenvalue weighted by Crippen LogP contribution is 2.20. The molecule has 2 heterocycles. The quantitative estimate of drug-likeness (QED) is 0.489. The van der Waals surface area contributed by atoms with Gasteiger partial charge in [-0.3, -0.25) is 19.6 Å². The Morgan fingerprint density at radius 1 is 1.33 bits per heavy atom. The number of amides is 4. The van der Waals surface area contributed by atoms with E-state index in [1.165, 1.54) is 10.9 Å². The van der Waals surface area contributed by atoms with E-state index in [1.54, 1.807) is 14.0 Å². The van der Waals surface area contributed by atoms with Crippen LogP contribution in [0.25, 0.3) is 0 Å². The lowest BCUT2D eigenvalue weighted by molar-refractivity contribution is -0.134. The van der Waals surface area contributed by atoms with Crippen LogP contribution in [-0.4, -0.2) is 27.6 Å². The first-order valence-corrected chi connectivity index (χ1v) is 4.20. The zero-order valence-electron chi connectivity index (χ0n) is 8.14. The maximum atomic E-state index is 11.3. The number of aryl methyl sites for hydroxylation is 2. The summed E-state index contributed by atoms with van der Waals surface area (Å²) < 4.78 is 1.47. The van der Waals surface area contributed by atoms with E-state index in [9.17, 15) is 14.4 Å². The first kappa shape index (κ1) is 9.38. The summed E-state index contributed by atoms with van der Waals surface area (Å²) in [5, 5.41) is 5.89. The van der Waals surface area contributed by atoms with Crippen LogP contribution in [0.4, 0.5) is 10.5 Å². The van der Waals surface area contributed by atoms with Gasteiger partial charge >= 0.3 is 17.8 Å². The van der Waals surface area contributed by atoms with Crippen molar-refractivity contribution in [2.75, 3.05) is 4.90 Å². The molecule has 0 unspecified atom stereocenters. The van der Waals surface area contributed by atoms with Crippen LogP contribution in [0.2, 0.25) is 0 Å². The number of nitrogens with one attached hydrogen (secondary N) is 1. The van der Waals surface area contributed by atoms with E-state index in [1.807, 2.05) is 5.32 Å². The molecule has 0 aromatic carbocycles.